The van der Waals surface area contributed by atoms with Gasteiger partial charge in [-0.15, -0.1) is 0 Å². The van der Waals surface area contributed by atoms with Gasteiger partial charge in [-0.2, -0.15) is 325 Å². The Kier molecular flexibility index (Phi) is 29.0. The van der Waals surface area contributed by atoms with Gasteiger partial charge in [0.25, 0.3) is 0 Å². The summed E-state index contributed by atoms with van der Waals surface area (Å²) in [5, 5.41) is -17.2. The van der Waals surface area contributed by atoms with E-state index < -0.39 is 233 Å². The standard InChI is InChI=1S/2C18HF37O3S.Ca/c2*19-1(20,3(23,24)5(27,28)7(31,32)9(35,36)11(39,40)13(43,44)15(47,48)17(51,52)53)2(21,22)4(25,26)6(29,30)8(33,34)10(37,38)12(41,42)14(45,46)16(49,50)18(54,55)59(56,57)58;/h2*(H,56,57,58);/q;;+2/p-2. The number of hydrogen-bond donors (Lipinski definition) is 0. The van der Waals surface area contributed by atoms with Crippen LogP contribution in [0.2, 0.25) is 0 Å². The zero-order valence-corrected chi connectivity index (χ0v) is 53.8. The maximum atomic E-state index is 13.9. The van der Waals surface area contributed by atoms with Crippen LogP contribution < -0.4 is 0 Å². The van der Waals surface area contributed by atoms with E-state index in [2.05, 4.69) is 0 Å². The second-order valence-corrected chi connectivity index (χ2v) is 24.2. The Bertz CT molecular complexity index is 3610. The minimum absolute atomic E-state index is 0. The molecule has 0 rings (SSSR count). The SMILES string of the molecule is O=S(=O)([O-])C(F)(F)C(F)(F)C(F)(F)C(F)(F)C(F)(F)C(F)(F)C(F)(F)C(F)(F)C(F)(F)C(F)(F)C(F)(F)C(F)(F)C(F)(F)C(F)(F)C(F)(F)C(F)(F)C(F)(F)C(F)(F)F.O=S(=O)([O-])C(F)(F)C(F)(F)C(F)(F)C(F)(F)C(F)(F)C(F)(F)C(F)(F)C(F)(F)C(F)(F)C(F)(F)C(F)(F)C(F)(F)C(F)(F)C(F)(F)C(F)(F)C(F)(F)C(F)(F)C(F)(F)F.[Ca+2]. The molecule has 0 radical (unpaired) electrons. The van der Waals surface area contributed by atoms with Crippen LogP contribution in [0.5, 0.6) is 0 Å². The molecule has 0 atom stereocenters. The molecule has 0 saturated heterocycles. The van der Waals surface area contributed by atoms with Gasteiger partial charge in [0.1, 0.15) is 0 Å². The average molecular weight is 2040 g/mol. The van der Waals surface area contributed by atoms with Gasteiger partial charge in [0.05, 0.1) is 0 Å². The maximum absolute atomic E-state index is 13.9. The fraction of sp³-hybridized carbons (Fsp3) is 1.00. The molecule has 0 saturated carbocycles. The monoisotopic (exact) mass is 2040 g/mol. The van der Waals surface area contributed by atoms with Crippen LogP contribution in [0, 0.1) is 0 Å². The van der Waals surface area contributed by atoms with Gasteiger partial charge in [-0.3, -0.25) is 0 Å². The Balaban J connectivity index is -0.00000224. The molecule has 0 aliphatic carbocycles. The summed E-state index contributed by atoms with van der Waals surface area (Å²) in [4.78, 5) is 0. The van der Waals surface area contributed by atoms with E-state index >= 15 is 0 Å². The van der Waals surface area contributed by atoms with E-state index in [4.69, 9.17) is 0 Å². The number of rotatable bonds is 34. The normalized spacial score (nSPS) is 17.3. The summed E-state index contributed by atoms with van der Waals surface area (Å²) in [6.07, 6.45) is -17.0. The summed E-state index contributed by atoms with van der Waals surface area (Å²) < 4.78 is 1060. The maximum Gasteiger partial charge on any atom is 2.00 e. The van der Waals surface area contributed by atoms with Crippen molar-refractivity contribution < 1.29 is 351 Å². The zero-order valence-electron chi connectivity index (χ0n) is 49.9. The third-order valence-electron chi connectivity index (χ3n) is 13.9. The first-order chi connectivity index (χ1) is 49.0. The van der Waals surface area contributed by atoms with E-state index in [9.17, 15) is 351 Å². The molecule has 0 spiro atoms. The summed E-state index contributed by atoms with van der Waals surface area (Å²) in [7, 11) is -17.5. The first kappa shape index (κ1) is 119. The molecular formula is C36CaF74O6S2. The van der Waals surface area contributed by atoms with Crippen LogP contribution in [-0.2, 0) is 20.2 Å². The molecule has 0 unspecified atom stereocenters. The van der Waals surface area contributed by atoms with Crippen molar-refractivity contribution in [3.8, 4) is 0 Å². The van der Waals surface area contributed by atoms with Crippen LogP contribution >= 0.6 is 0 Å². The second-order valence-electron chi connectivity index (χ2n) is 21.3. The Morgan fingerprint density at radius 2 is 0.160 bits per heavy atom. The van der Waals surface area contributed by atoms with Crippen molar-refractivity contribution in [2.75, 3.05) is 0 Å². The van der Waals surface area contributed by atoms with Crippen LogP contribution in [-0.4, -0.2) is 276 Å². The van der Waals surface area contributed by atoms with Gasteiger partial charge >= 0.3 is 250 Å². The Morgan fingerprint density at radius 1 is 0.109 bits per heavy atom. The Morgan fingerprint density at radius 3 is 0.210 bits per heavy atom. The summed E-state index contributed by atoms with van der Waals surface area (Å²) in [6, 6.07) is 0. The molecule has 6 nitrogen and oxygen atoms in total. The molecule has 0 fully saturated rings. The minimum atomic E-state index is -10.5. The van der Waals surface area contributed by atoms with Gasteiger partial charge in [-0.25, -0.2) is 16.8 Å². The van der Waals surface area contributed by atoms with Crippen LogP contribution in [0.1, 0.15) is 0 Å². The van der Waals surface area contributed by atoms with Crippen molar-refractivity contribution in [2.24, 2.45) is 0 Å². The van der Waals surface area contributed by atoms with Gasteiger partial charge < -0.3 is 9.11 Å². The number of alkyl halides is 74. The molecular weight excluding hydrogens is 2040 g/mol. The largest absolute Gasteiger partial charge is 2.00 e. The van der Waals surface area contributed by atoms with Crippen molar-refractivity contribution in [3.05, 3.63) is 0 Å². The smallest absolute Gasteiger partial charge is 0.743 e. The fourth-order valence-corrected chi connectivity index (χ4v) is 7.44. The van der Waals surface area contributed by atoms with Crippen LogP contribution in [0.4, 0.5) is 325 Å². The molecule has 0 heterocycles. The van der Waals surface area contributed by atoms with Crippen molar-refractivity contribution in [1.82, 2.24) is 0 Å². The molecule has 0 amide bonds. The third kappa shape index (κ3) is 13.9. The molecule has 119 heavy (non-hydrogen) atoms. The van der Waals surface area contributed by atoms with Crippen LogP contribution in [0.25, 0.3) is 0 Å². The molecule has 83 heteroatoms. The zero-order chi connectivity index (χ0) is 99.0. The van der Waals surface area contributed by atoms with Crippen LogP contribution in [0.15, 0.2) is 0 Å². The van der Waals surface area contributed by atoms with Gasteiger partial charge in [0.15, 0.2) is 20.2 Å². The molecule has 0 aromatic heterocycles. The van der Waals surface area contributed by atoms with E-state index in [1.165, 1.54) is 0 Å². The van der Waals surface area contributed by atoms with E-state index in [1.807, 2.05) is 0 Å². The van der Waals surface area contributed by atoms with Gasteiger partial charge in [0, 0.05) is 0 Å². The molecule has 0 N–H and O–H groups in total. The quantitative estimate of drug-likeness (QED) is 0.0360. The molecule has 0 aromatic carbocycles. The summed E-state index contributed by atoms with van der Waals surface area (Å²) in [6.45, 7) is 0. The first-order valence-electron chi connectivity index (χ1n) is 23.9. The van der Waals surface area contributed by atoms with E-state index in [1.54, 1.807) is 0 Å². The molecule has 0 aromatic rings. The summed E-state index contributed by atoms with van der Waals surface area (Å²) in [5.41, 5.74) is 0. The second kappa shape index (κ2) is 29.0. The predicted octanol–water partition coefficient (Wildman–Crippen LogP) is 21.3. The molecule has 0 bridgehead atoms. The number of hydrogen-bond acceptors (Lipinski definition) is 6. The Labute approximate surface area is 620 Å². The van der Waals surface area contributed by atoms with Crippen molar-refractivity contribution in [2.45, 2.75) is 212 Å². The fourth-order valence-electron chi connectivity index (χ4n) is 6.56. The average Bonchev–Trinajstić information content (AvgIpc) is 0.669. The van der Waals surface area contributed by atoms with E-state index in [0.29, 0.717) is 0 Å². The Hall–Kier alpha value is -4.10. The van der Waals surface area contributed by atoms with Gasteiger partial charge in [-0.05, 0) is 0 Å². The predicted molar refractivity (Wildman–Crippen MR) is 205 cm³/mol. The van der Waals surface area contributed by atoms with Crippen LogP contribution in [0.3, 0.4) is 0 Å². The molecule has 712 valence electrons. The van der Waals surface area contributed by atoms with Crippen molar-refractivity contribution in [3.63, 3.8) is 0 Å². The molecule has 0 aliphatic rings. The van der Waals surface area contributed by atoms with Crippen molar-refractivity contribution in [1.29, 1.82) is 0 Å². The summed E-state index contributed by atoms with van der Waals surface area (Å²) >= 11 is 0. The third-order valence-corrected chi connectivity index (χ3v) is 15.7. The number of halogens is 74. The topological polar surface area (TPSA) is 114 Å². The summed E-state index contributed by atoms with van der Waals surface area (Å²) in [5.74, 6) is -322. The van der Waals surface area contributed by atoms with E-state index in [-0.39, 0.29) is 37.7 Å². The van der Waals surface area contributed by atoms with Gasteiger partial charge in [-0.1, -0.05) is 0 Å². The first-order valence-corrected chi connectivity index (χ1v) is 26.7. The van der Waals surface area contributed by atoms with E-state index in [0.717, 1.165) is 0 Å². The van der Waals surface area contributed by atoms with Crippen molar-refractivity contribution >= 4 is 58.0 Å². The van der Waals surface area contributed by atoms with Gasteiger partial charge in [0.2, 0.25) is 0 Å². The minimum Gasteiger partial charge on any atom is -0.743 e. The molecule has 0 aliphatic heterocycles.